The van der Waals surface area contributed by atoms with Crippen LogP contribution < -0.4 is 10.6 Å². The normalized spacial score (nSPS) is 23.2. The van der Waals surface area contributed by atoms with Crippen LogP contribution in [0.2, 0.25) is 0 Å². The monoisotopic (exact) mass is 269 g/mol. The van der Waals surface area contributed by atoms with Crippen LogP contribution in [0.1, 0.15) is 32.6 Å². The number of aliphatic hydroxyl groups excluding tert-OH is 1. The summed E-state index contributed by atoms with van der Waals surface area (Å²) in [5, 5.41) is 14.0. The van der Waals surface area contributed by atoms with Crippen LogP contribution in [0.5, 0.6) is 0 Å². The molecule has 1 atom stereocenters. The van der Waals surface area contributed by atoms with Gasteiger partial charge in [0, 0.05) is 19.5 Å². The highest BCUT2D eigenvalue weighted by Crippen LogP contribution is 2.25. The van der Waals surface area contributed by atoms with Gasteiger partial charge in [0.05, 0.1) is 6.10 Å². The quantitative estimate of drug-likeness (QED) is 0.593. The summed E-state index contributed by atoms with van der Waals surface area (Å²) in [6.45, 7) is 2.55. The van der Waals surface area contributed by atoms with Gasteiger partial charge < -0.3 is 15.3 Å². The molecule has 0 aromatic carbocycles. The zero-order chi connectivity index (χ0) is 14.0. The van der Waals surface area contributed by atoms with Crippen LogP contribution in [-0.4, -0.2) is 52.6 Å². The van der Waals surface area contributed by atoms with Crippen LogP contribution >= 0.6 is 0 Å². The van der Waals surface area contributed by atoms with Gasteiger partial charge in [-0.3, -0.25) is 14.9 Å². The summed E-state index contributed by atoms with van der Waals surface area (Å²) in [7, 11) is 0. The van der Waals surface area contributed by atoms with Crippen molar-refractivity contribution in [2.24, 2.45) is 0 Å². The van der Waals surface area contributed by atoms with Crippen molar-refractivity contribution >= 4 is 17.8 Å². The predicted octanol–water partition coefficient (Wildman–Crippen LogP) is -0.652. The molecule has 2 aliphatic rings. The predicted molar refractivity (Wildman–Crippen MR) is 66.1 cm³/mol. The van der Waals surface area contributed by atoms with Crippen molar-refractivity contribution in [1.29, 1.82) is 0 Å². The molecule has 0 aromatic heterocycles. The molecule has 0 aromatic rings. The van der Waals surface area contributed by atoms with Crippen molar-refractivity contribution in [3.63, 3.8) is 0 Å². The van der Waals surface area contributed by atoms with Crippen molar-refractivity contribution in [2.75, 3.05) is 13.1 Å². The number of piperidine rings is 1. The van der Waals surface area contributed by atoms with E-state index in [1.54, 1.807) is 11.8 Å². The van der Waals surface area contributed by atoms with Gasteiger partial charge in [0.15, 0.2) is 0 Å². The number of imide groups is 1. The Hall–Kier alpha value is -1.63. The fourth-order valence-corrected chi connectivity index (χ4v) is 2.51. The molecule has 19 heavy (non-hydrogen) atoms. The first-order chi connectivity index (χ1) is 8.93. The summed E-state index contributed by atoms with van der Waals surface area (Å²) in [6, 6.07) is -0.459. The van der Waals surface area contributed by atoms with Crippen molar-refractivity contribution in [3.8, 4) is 0 Å². The summed E-state index contributed by atoms with van der Waals surface area (Å²) < 4.78 is 0. The van der Waals surface area contributed by atoms with Crippen molar-refractivity contribution < 1.29 is 19.5 Å². The van der Waals surface area contributed by atoms with Crippen LogP contribution in [0.25, 0.3) is 0 Å². The third-order valence-electron chi connectivity index (χ3n) is 3.76. The first kappa shape index (κ1) is 13.8. The minimum Gasteiger partial charge on any atom is -0.393 e. The van der Waals surface area contributed by atoms with Gasteiger partial charge in [-0.05, 0) is 26.2 Å². The van der Waals surface area contributed by atoms with E-state index in [9.17, 15) is 14.4 Å². The topological polar surface area (TPSA) is 98.7 Å². The van der Waals surface area contributed by atoms with Crippen LogP contribution in [-0.2, 0) is 9.59 Å². The second-order valence-corrected chi connectivity index (χ2v) is 5.26. The Morgan fingerprint density at radius 1 is 1.42 bits per heavy atom. The molecule has 0 bridgehead atoms. The Bertz CT molecular complexity index is 400. The highest BCUT2D eigenvalue weighted by molar-refractivity contribution is 6.07. The minimum atomic E-state index is -0.835. The molecule has 2 aliphatic heterocycles. The second-order valence-electron chi connectivity index (χ2n) is 5.26. The van der Waals surface area contributed by atoms with Gasteiger partial charge in [0.2, 0.25) is 5.91 Å². The molecule has 2 fully saturated rings. The Balaban J connectivity index is 1.87. The summed E-state index contributed by atoms with van der Waals surface area (Å²) in [5.41, 5.74) is -0.835. The summed E-state index contributed by atoms with van der Waals surface area (Å²) in [4.78, 5) is 36.5. The third kappa shape index (κ3) is 2.86. The number of urea groups is 1. The number of nitrogens with zero attached hydrogens (tertiary/aromatic N) is 1. The molecule has 7 nitrogen and oxygen atoms in total. The maximum absolute atomic E-state index is 11.9. The van der Waals surface area contributed by atoms with Gasteiger partial charge in [-0.25, -0.2) is 4.79 Å². The maximum Gasteiger partial charge on any atom is 0.322 e. The third-order valence-corrected chi connectivity index (χ3v) is 3.76. The summed E-state index contributed by atoms with van der Waals surface area (Å²) in [5.74, 6) is -0.311. The molecular weight excluding hydrogens is 250 g/mol. The largest absolute Gasteiger partial charge is 0.393 e. The molecular formula is C12H19N3O4. The van der Waals surface area contributed by atoms with E-state index in [0.717, 1.165) is 0 Å². The Morgan fingerprint density at radius 2 is 2.05 bits per heavy atom. The van der Waals surface area contributed by atoms with Crippen LogP contribution in [0.15, 0.2) is 0 Å². The van der Waals surface area contributed by atoms with Gasteiger partial charge in [-0.2, -0.15) is 0 Å². The van der Waals surface area contributed by atoms with E-state index in [0.29, 0.717) is 38.8 Å². The molecule has 2 rings (SSSR count). The highest BCUT2D eigenvalue weighted by Gasteiger charge is 2.48. The zero-order valence-corrected chi connectivity index (χ0v) is 10.9. The lowest BCUT2D eigenvalue weighted by Gasteiger charge is -2.37. The number of amides is 4. The molecule has 0 saturated carbocycles. The van der Waals surface area contributed by atoms with Crippen LogP contribution in [0.4, 0.5) is 4.79 Å². The number of hydrogen-bond donors (Lipinski definition) is 3. The fraction of sp³-hybridized carbons (Fsp3) is 0.750. The number of carbonyl (C=O) groups is 3. The molecule has 2 saturated heterocycles. The van der Waals surface area contributed by atoms with Gasteiger partial charge in [-0.15, -0.1) is 0 Å². The lowest BCUT2D eigenvalue weighted by molar-refractivity contribution is -0.136. The van der Waals surface area contributed by atoms with Gasteiger partial charge in [-0.1, -0.05) is 0 Å². The van der Waals surface area contributed by atoms with E-state index >= 15 is 0 Å². The molecule has 7 heteroatoms. The van der Waals surface area contributed by atoms with E-state index < -0.39 is 17.7 Å². The molecule has 4 amide bonds. The van der Waals surface area contributed by atoms with Crippen molar-refractivity contribution in [2.45, 2.75) is 44.2 Å². The second kappa shape index (κ2) is 5.16. The number of likely N-dealkylation sites (tertiary alicyclic amines) is 1. The Labute approximate surface area is 111 Å². The zero-order valence-electron chi connectivity index (χ0n) is 10.9. The standard InChI is InChI=1S/C12H19N3O4/c1-8(16)2-3-9(17)15-6-4-12(5-7-15)10(18)13-11(19)14-12/h8,16H,2-7H2,1H3,(H2,13,14,18,19). The van der Waals surface area contributed by atoms with E-state index in [2.05, 4.69) is 10.6 Å². The average molecular weight is 269 g/mol. The average Bonchev–Trinajstić information content (AvgIpc) is 2.62. The molecule has 3 N–H and O–H groups in total. The lowest BCUT2D eigenvalue weighted by Crippen LogP contribution is -2.55. The number of hydrogen-bond acceptors (Lipinski definition) is 4. The lowest BCUT2D eigenvalue weighted by atomic mass is 9.87. The Morgan fingerprint density at radius 3 is 2.53 bits per heavy atom. The van der Waals surface area contributed by atoms with Gasteiger partial charge >= 0.3 is 6.03 Å². The van der Waals surface area contributed by atoms with Crippen molar-refractivity contribution in [1.82, 2.24) is 15.5 Å². The minimum absolute atomic E-state index is 0.0134. The van der Waals surface area contributed by atoms with E-state index in [4.69, 9.17) is 5.11 Å². The summed E-state index contributed by atoms with van der Waals surface area (Å²) in [6.07, 6.45) is 1.14. The maximum atomic E-state index is 11.9. The Kier molecular flexibility index (Phi) is 3.75. The molecule has 1 unspecified atom stereocenters. The van der Waals surface area contributed by atoms with Crippen molar-refractivity contribution in [3.05, 3.63) is 0 Å². The molecule has 2 heterocycles. The molecule has 0 aliphatic carbocycles. The van der Waals surface area contributed by atoms with E-state index in [1.807, 2.05) is 0 Å². The number of carbonyl (C=O) groups excluding carboxylic acids is 3. The summed E-state index contributed by atoms with van der Waals surface area (Å²) >= 11 is 0. The molecule has 1 spiro atoms. The fourth-order valence-electron chi connectivity index (χ4n) is 2.51. The smallest absolute Gasteiger partial charge is 0.322 e. The number of aliphatic hydroxyl groups is 1. The highest BCUT2D eigenvalue weighted by atomic mass is 16.3. The number of nitrogens with one attached hydrogen (secondary N) is 2. The number of rotatable bonds is 3. The molecule has 0 radical (unpaired) electrons. The van der Waals surface area contributed by atoms with E-state index in [-0.39, 0.29) is 11.8 Å². The molecule has 106 valence electrons. The first-order valence-corrected chi connectivity index (χ1v) is 6.52. The van der Waals surface area contributed by atoms with Gasteiger partial charge in [0.25, 0.3) is 5.91 Å². The van der Waals surface area contributed by atoms with E-state index in [1.165, 1.54) is 0 Å². The SMILES string of the molecule is CC(O)CCC(=O)N1CCC2(CC1)NC(=O)NC2=O. The van der Waals surface area contributed by atoms with Gasteiger partial charge in [0.1, 0.15) is 5.54 Å². The van der Waals surface area contributed by atoms with Crippen LogP contribution in [0.3, 0.4) is 0 Å². The van der Waals surface area contributed by atoms with Crippen LogP contribution in [0, 0.1) is 0 Å². The first-order valence-electron chi connectivity index (χ1n) is 6.52.